The Morgan fingerprint density at radius 2 is 0.468 bits per heavy atom. The van der Waals surface area contributed by atoms with Crippen molar-refractivity contribution in [3.8, 4) is 0 Å². The van der Waals surface area contributed by atoms with Gasteiger partial charge in [-0.1, -0.05) is 313 Å². The predicted molar refractivity (Wildman–Crippen MR) is 335 cm³/mol. The van der Waals surface area contributed by atoms with Crippen LogP contribution >= 0.6 is 0 Å². The molecule has 1 atom stereocenters. The number of ether oxygens (including phenoxy) is 3. The zero-order valence-corrected chi connectivity index (χ0v) is 51.7. The maximum Gasteiger partial charge on any atom is 0.306 e. The van der Waals surface area contributed by atoms with E-state index in [9.17, 15) is 14.4 Å². The Morgan fingerprint density at radius 1 is 0.260 bits per heavy atom. The van der Waals surface area contributed by atoms with E-state index in [-0.39, 0.29) is 31.1 Å². The SMILES string of the molecule is CCCCC/C=C\C/C=C\C/C=C\CCCCCCC(=O)O[C@H](COC(=O)CCCCCCCCCCCCC/C=C\CCCCCCCC)COC(=O)CCCCCCCCCCCCCCCCCCCCCCC. The highest BCUT2D eigenvalue weighted by Gasteiger charge is 2.19. The molecular weight excluding hydrogens is 949 g/mol. The van der Waals surface area contributed by atoms with Crippen LogP contribution in [-0.2, 0) is 28.6 Å². The lowest BCUT2D eigenvalue weighted by Gasteiger charge is -2.18. The first-order chi connectivity index (χ1) is 38.0. The number of hydrogen-bond acceptors (Lipinski definition) is 6. The van der Waals surface area contributed by atoms with Crippen molar-refractivity contribution in [1.82, 2.24) is 0 Å². The summed E-state index contributed by atoms with van der Waals surface area (Å²) in [7, 11) is 0. The van der Waals surface area contributed by atoms with Crippen molar-refractivity contribution < 1.29 is 28.6 Å². The van der Waals surface area contributed by atoms with E-state index in [2.05, 4.69) is 69.4 Å². The van der Waals surface area contributed by atoms with E-state index < -0.39 is 6.10 Å². The molecule has 0 heterocycles. The standard InChI is InChI=1S/C71H130O6/c1-4-7-10-13-16-19-22-25-28-31-33-35-37-40-42-45-48-51-54-57-60-63-69(72)75-66-68(77-71(74)65-62-59-56-53-50-47-44-39-30-27-24-21-18-15-12-9-6-3)67-76-70(73)64-61-58-55-52-49-46-43-41-38-36-34-32-29-26-23-20-17-14-11-8-5-2/h18,21,25,27-28,30,44,47,68H,4-17,19-20,22-24,26,29,31-43,45-46,48-67H2,1-3H3/b21-18-,28-25-,30-27-,47-44-/t68-/m1/s1. The molecule has 0 N–H and O–H groups in total. The maximum atomic E-state index is 12.9. The monoisotopic (exact) mass is 1080 g/mol. The Balaban J connectivity index is 4.34. The third-order valence-electron chi connectivity index (χ3n) is 15.3. The summed E-state index contributed by atoms with van der Waals surface area (Å²) in [4.78, 5) is 38.4. The lowest BCUT2D eigenvalue weighted by Crippen LogP contribution is -2.30. The summed E-state index contributed by atoms with van der Waals surface area (Å²) >= 11 is 0. The van der Waals surface area contributed by atoms with Gasteiger partial charge >= 0.3 is 17.9 Å². The molecule has 0 radical (unpaired) electrons. The first-order valence-electron chi connectivity index (χ1n) is 34.1. The summed E-state index contributed by atoms with van der Waals surface area (Å²) in [6.45, 7) is 6.66. The van der Waals surface area contributed by atoms with Gasteiger partial charge < -0.3 is 14.2 Å². The van der Waals surface area contributed by atoms with Crippen LogP contribution in [0.15, 0.2) is 48.6 Å². The topological polar surface area (TPSA) is 78.9 Å². The van der Waals surface area contributed by atoms with Crippen LogP contribution in [0.1, 0.15) is 367 Å². The average Bonchev–Trinajstić information content (AvgIpc) is 3.43. The molecule has 0 aromatic carbocycles. The van der Waals surface area contributed by atoms with Gasteiger partial charge in [-0.05, 0) is 83.5 Å². The molecule has 0 amide bonds. The molecule has 0 aromatic heterocycles. The lowest BCUT2D eigenvalue weighted by atomic mass is 10.0. The van der Waals surface area contributed by atoms with Crippen LogP contribution in [0.5, 0.6) is 0 Å². The highest BCUT2D eigenvalue weighted by Crippen LogP contribution is 2.18. The van der Waals surface area contributed by atoms with E-state index >= 15 is 0 Å². The van der Waals surface area contributed by atoms with Crippen LogP contribution in [0.25, 0.3) is 0 Å². The van der Waals surface area contributed by atoms with Crippen molar-refractivity contribution in [2.24, 2.45) is 0 Å². The molecule has 0 bridgehead atoms. The van der Waals surface area contributed by atoms with Gasteiger partial charge in [-0.25, -0.2) is 0 Å². The van der Waals surface area contributed by atoms with E-state index in [1.807, 2.05) is 0 Å². The van der Waals surface area contributed by atoms with E-state index in [0.717, 1.165) is 83.5 Å². The van der Waals surface area contributed by atoms with Gasteiger partial charge in [0.1, 0.15) is 13.2 Å². The minimum absolute atomic E-state index is 0.0783. The summed E-state index contributed by atoms with van der Waals surface area (Å²) in [5.74, 6) is -0.876. The zero-order chi connectivity index (χ0) is 55.7. The van der Waals surface area contributed by atoms with Crippen LogP contribution in [0.4, 0.5) is 0 Å². The van der Waals surface area contributed by atoms with Gasteiger partial charge in [0.15, 0.2) is 6.10 Å². The molecule has 0 saturated carbocycles. The molecule has 77 heavy (non-hydrogen) atoms. The number of carbonyl (C=O) groups is 3. The van der Waals surface area contributed by atoms with Crippen molar-refractivity contribution in [2.75, 3.05) is 13.2 Å². The van der Waals surface area contributed by atoms with E-state index in [1.54, 1.807) is 0 Å². The first kappa shape index (κ1) is 74.4. The minimum Gasteiger partial charge on any atom is -0.462 e. The molecule has 0 unspecified atom stereocenters. The molecule has 0 saturated heterocycles. The molecule has 0 fully saturated rings. The second-order valence-corrected chi connectivity index (χ2v) is 23.1. The van der Waals surface area contributed by atoms with E-state index in [1.165, 1.54) is 244 Å². The molecule has 0 aliphatic carbocycles. The maximum absolute atomic E-state index is 12.9. The highest BCUT2D eigenvalue weighted by molar-refractivity contribution is 5.71. The van der Waals surface area contributed by atoms with Crippen LogP contribution in [0.2, 0.25) is 0 Å². The highest BCUT2D eigenvalue weighted by atomic mass is 16.6. The zero-order valence-electron chi connectivity index (χ0n) is 51.7. The Hall–Kier alpha value is -2.63. The quantitative estimate of drug-likeness (QED) is 0.0261. The van der Waals surface area contributed by atoms with Crippen molar-refractivity contribution in [3.05, 3.63) is 48.6 Å². The van der Waals surface area contributed by atoms with Crippen molar-refractivity contribution in [2.45, 2.75) is 374 Å². The third-order valence-corrected chi connectivity index (χ3v) is 15.3. The van der Waals surface area contributed by atoms with Gasteiger partial charge in [-0.15, -0.1) is 0 Å². The molecule has 0 spiro atoms. The van der Waals surface area contributed by atoms with Crippen LogP contribution in [0.3, 0.4) is 0 Å². The summed E-state index contributed by atoms with van der Waals surface area (Å²) in [6.07, 6.45) is 82.7. The Kier molecular flexibility index (Phi) is 63.6. The van der Waals surface area contributed by atoms with E-state index in [0.29, 0.717) is 19.3 Å². The molecule has 0 aromatic rings. The predicted octanol–water partition coefficient (Wildman–Crippen LogP) is 23.3. The second-order valence-electron chi connectivity index (χ2n) is 23.1. The van der Waals surface area contributed by atoms with Crippen molar-refractivity contribution >= 4 is 17.9 Å². The number of allylic oxidation sites excluding steroid dienone is 8. The largest absolute Gasteiger partial charge is 0.462 e. The smallest absolute Gasteiger partial charge is 0.306 e. The Morgan fingerprint density at radius 3 is 0.766 bits per heavy atom. The van der Waals surface area contributed by atoms with Crippen LogP contribution in [0, 0.1) is 0 Å². The minimum atomic E-state index is -0.785. The van der Waals surface area contributed by atoms with Gasteiger partial charge in [0, 0.05) is 19.3 Å². The number of carbonyl (C=O) groups excluding carboxylic acids is 3. The van der Waals surface area contributed by atoms with E-state index in [4.69, 9.17) is 14.2 Å². The normalized spacial score (nSPS) is 12.3. The van der Waals surface area contributed by atoms with Crippen molar-refractivity contribution in [1.29, 1.82) is 0 Å². The average molecular weight is 1080 g/mol. The molecular formula is C71H130O6. The summed E-state index contributed by atoms with van der Waals surface area (Å²) in [5, 5.41) is 0. The molecule has 0 aliphatic heterocycles. The van der Waals surface area contributed by atoms with Gasteiger partial charge in [-0.2, -0.15) is 0 Å². The fraction of sp³-hybridized carbons (Fsp3) is 0.845. The lowest BCUT2D eigenvalue weighted by molar-refractivity contribution is -0.167. The fourth-order valence-electron chi connectivity index (χ4n) is 10.2. The first-order valence-corrected chi connectivity index (χ1v) is 34.1. The number of hydrogen-bond donors (Lipinski definition) is 0. The van der Waals surface area contributed by atoms with Crippen molar-refractivity contribution in [3.63, 3.8) is 0 Å². The molecule has 450 valence electrons. The van der Waals surface area contributed by atoms with Gasteiger partial charge in [0.05, 0.1) is 0 Å². The molecule has 6 heteroatoms. The summed E-state index contributed by atoms with van der Waals surface area (Å²) in [6, 6.07) is 0. The van der Waals surface area contributed by atoms with Crippen LogP contribution < -0.4 is 0 Å². The van der Waals surface area contributed by atoms with Gasteiger partial charge in [-0.3, -0.25) is 14.4 Å². The van der Waals surface area contributed by atoms with Gasteiger partial charge in [0.2, 0.25) is 0 Å². The summed E-state index contributed by atoms with van der Waals surface area (Å²) in [5.41, 5.74) is 0. The Bertz CT molecular complexity index is 1330. The second kappa shape index (κ2) is 65.9. The number of rotatable bonds is 63. The molecule has 0 rings (SSSR count). The summed E-state index contributed by atoms with van der Waals surface area (Å²) < 4.78 is 17.0. The van der Waals surface area contributed by atoms with Gasteiger partial charge in [0.25, 0.3) is 0 Å². The number of esters is 3. The fourth-order valence-corrected chi connectivity index (χ4v) is 10.2. The molecule has 6 nitrogen and oxygen atoms in total. The van der Waals surface area contributed by atoms with Crippen LogP contribution in [-0.4, -0.2) is 37.2 Å². The Labute approximate surface area is 479 Å². The third kappa shape index (κ3) is 64.1. The number of unbranched alkanes of at least 4 members (excludes halogenated alkanes) is 44. The molecule has 0 aliphatic rings.